The minimum Gasteiger partial charge on any atom is -0.492 e. The van der Waals surface area contributed by atoms with Gasteiger partial charge in [0.1, 0.15) is 11.6 Å². The van der Waals surface area contributed by atoms with Crippen molar-refractivity contribution in [2.45, 2.75) is 32.2 Å². The van der Waals surface area contributed by atoms with Crippen molar-refractivity contribution in [2.75, 3.05) is 18.1 Å². The van der Waals surface area contributed by atoms with Gasteiger partial charge in [0.25, 0.3) is 0 Å². The zero-order valence-corrected chi connectivity index (χ0v) is 18.4. The van der Waals surface area contributed by atoms with Gasteiger partial charge in [-0.3, -0.25) is 4.79 Å². The molecule has 1 fully saturated rings. The number of para-hydroxylation sites is 4. The molecule has 0 aliphatic carbocycles. The Bertz CT molecular complexity index is 1250. The highest BCUT2D eigenvalue weighted by atomic mass is 16.5. The van der Waals surface area contributed by atoms with Crippen LogP contribution in [0.3, 0.4) is 0 Å². The third kappa shape index (κ3) is 3.54. The second-order valence-electron chi connectivity index (χ2n) is 8.22. The van der Waals surface area contributed by atoms with Gasteiger partial charge in [0.05, 0.1) is 29.4 Å². The van der Waals surface area contributed by atoms with E-state index in [1.54, 1.807) is 0 Å². The molecule has 1 aliphatic rings. The molecule has 5 heteroatoms. The van der Waals surface area contributed by atoms with Gasteiger partial charge in [0.15, 0.2) is 0 Å². The highest BCUT2D eigenvalue weighted by molar-refractivity contribution is 5.98. The van der Waals surface area contributed by atoms with Crippen molar-refractivity contribution in [3.8, 4) is 5.75 Å². The smallest absolute Gasteiger partial charge is 0.227 e. The number of benzene rings is 3. The molecular weight excluding hydrogens is 398 g/mol. The maximum absolute atomic E-state index is 13.1. The number of nitrogens with zero attached hydrogens (tertiary/aromatic N) is 3. The standard InChI is InChI=1S/C27H27N3O2/c1-3-32-25-16-10-9-15-24(25)29-18-21(17-26(29)31)27-28-22-13-7-8-14-23(22)30(27)19(2)20-11-5-4-6-12-20/h4-16,19,21H,3,17-18H2,1-2H3/t19-,21-/m0/s1. The van der Waals surface area contributed by atoms with Crippen molar-refractivity contribution in [1.82, 2.24) is 9.55 Å². The van der Waals surface area contributed by atoms with Crippen molar-refractivity contribution >= 4 is 22.6 Å². The Morgan fingerprint density at radius 1 is 1.00 bits per heavy atom. The summed E-state index contributed by atoms with van der Waals surface area (Å²) in [5.74, 6) is 1.83. The summed E-state index contributed by atoms with van der Waals surface area (Å²) in [4.78, 5) is 20.0. The molecule has 2 heterocycles. The fraction of sp³-hybridized carbons (Fsp3) is 0.259. The Morgan fingerprint density at radius 3 is 2.53 bits per heavy atom. The fourth-order valence-electron chi connectivity index (χ4n) is 4.71. The molecule has 0 spiro atoms. The number of hydrogen-bond acceptors (Lipinski definition) is 3. The predicted molar refractivity (Wildman–Crippen MR) is 127 cm³/mol. The van der Waals surface area contributed by atoms with Crippen LogP contribution in [0.5, 0.6) is 5.75 Å². The maximum atomic E-state index is 13.1. The van der Waals surface area contributed by atoms with Crippen LogP contribution in [0, 0.1) is 0 Å². The lowest BCUT2D eigenvalue weighted by Crippen LogP contribution is -2.25. The number of rotatable bonds is 6. The highest BCUT2D eigenvalue weighted by Gasteiger charge is 2.36. The average molecular weight is 426 g/mol. The lowest BCUT2D eigenvalue weighted by molar-refractivity contribution is -0.117. The number of fused-ring (bicyclic) bond motifs is 1. The molecule has 5 rings (SSSR count). The second-order valence-corrected chi connectivity index (χ2v) is 8.22. The monoisotopic (exact) mass is 425 g/mol. The highest BCUT2D eigenvalue weighted by Crippen LogP contribution is 2.38. The molecule has 1 aliphatic heterocycles. The van der Waals surface area contributed by atoms with Gasteiger partial charge in [0.2, 0.25) is 5.91 Å². The van der Waals surface area contributed by atoms with Crippen LogP contribution in [0.2, 0.25) is 0 Å². The zero-order valence-electron chi connectivity index (χ0n) is 18.4. The molecule has 4 aromatic rings. The van der Waals surface area contributed by atoms with Crippen molar-refractivity contribution in [3.05, 3.63) is 90.3 Å². The normalized spacial score (nSPS) is 17.1. The fourth-order valence-corrected chi connectivity index (χ4v) is 4.71. The van der Waals surface area contributed by atoms with Gasteiger partial charge in [-0.1, -0.05) is 54.6 Å². The number of amides is 1. The minimum absolute atomic E-state index is 0.00995. The summed E-state index contributed by atoms with van der Waals surface area (Å²) in [5.41, 5.74) is 4.12. The van der Waals surface area contributed by atoms with E-state index in [0.717, 1.165) is 28.3 Å². The van der Waals surface area contributed by atoms with E-state index in [-0.39, 0.29) is 17.9 Å². The Kier molecular flexibility index (Phi) is 5.39. The Hall–Kier alpha value is -3.60. The van der Waals surface area contributed by atoms with E-state index < -0.39 is 0 Å². The van der Waals surface area contributed by atoms with Crippen molar-refractivity contribution in [1.29, 1.82) is 0 Å². The number of hydrogen-bond donors (Lipinski definition) is 0. The number of aromatic nitrogens is 2. The minimum atomic E-state index is 0.00995. The first-order valence-electron chi connectivity index (χ1n) is 11.2. The molecule has 0 unspecified atom stereocenters. The number of carbonyl (C=O) groups excluding carboxylic acids is 1. The van der Waals surface area contributed by atoms with E-state index in [4.69, 9.17) is 9.72 Å². The van der Waals surface area contributed by atoms with Gasteiger partial charge >= 0.3 is 0 Å². The molecule has 3 aromatic carbocycles. The van der Waals surface area contributed by atoms with Gasteiger partial charge in [0, 0.05) is 18.9 Å². The van der Waals surface area contributed by atoms with Gasteiger partial charge in [-0.25, -0.2) is 4.98 Å². The SMILES string of the molecule is CCOc1ccccc1N1C[C@@H](c2nc3ccccc3n2[C@@H](C)c2ccccc2)CC1=O. The van der Waals surface area contributed by atoms with E-state index in [1.807, 2.05) is 60.4 Å². The molecular formula is C27H27N3O2. The van der Waals surface area contributed by atoms with E-state index in [9.17, 15) is 4.79 Å². The second kappa shape index (κ2) is 8.50. The van der Waals surface area contributed by atoms with Crippen molar-refractivity contribution in [2.24, 2.45) is 0 Å². The first-order chi connectivity index (χ1) is 15.7. The zero-order chi connectivity index (χ0) is 22.1. The predicted octanol–water partition coefficient (Wildman–Crippen LogP) is 5.56. The van der Waals surface area contributed by atoms with Gasteiger partial charge in [-0.2, -0.15) is 0 Å². The topological polar surface area (TPSA) is 47.4 Å². The van der Waals surface area contributed by atoms with Crippen LogP contribution in [0.4, 0.5) is 5.69 Å². The van der Waals surface area contributed by atoms with E-state index in [1.165, 1.54) is 5.56 Å². The molecule has 1 aromatic heterocycles. The third-order valence-corrected chi connectivity index (χ3v) is 6.24. The maximum Gasteiger partial charge on any atom is 0.227 e. The van der Waals surface area contributed by atoms with Crippen LogP contribution in [-0.4, -0.2) is 28.6 Å². The lowest BCUT2D eigenvalue weighted by Gasteiger charge is -2.22. The molecule has 32 heavy (non-hydrogen) atoms. The molecule has 1 saturated heterocycles. The van der Waals surface area contributed by atoms with Crippen LogP contribution in [0.15, 0.2) is 78.9 Å². The van der Waals surface area contributed by atoms with Crippen LogP contribution >= 0.6 is 0 Å². The molecule has 0 radical (unpaired) electrons. The summed E-state index contributed by atoms with van der Waals surface area (Å²) in [5, 5.41) is 0. The Labute approximate surface area is 188 Å². The molecule has 1 amide bonds. The first kappa shape index (κ1) is 20.3. The summed E-state index contributed by atoms with van der Waals surface area (Å²) in [6.45, 7) is 5.31. The number of ether oxygens (including phenoxy) is 1. The van der Waals surface area contributed by atoms with Gasteiger partial charge < -0.3 is 14.2 Å². The van der Waals surface area contributed by atoms with E-state index in [0.29, 0.717) is 19.6 Å². The summed E-state index contributed by atoms with van der Waals surface area (Å²) in [6, 6.07) is 26.6. The first-order valence-corrected chi connectivity index (χ1v) is 11.2. The molecule has 0 bridgehead atoms. The molecule has 162 valence electrons. The number of anilines is 1. The Balaban J connectivity index is 1.55. The molecule has 0 saturated carbocycles. The Morgan fingerprint density at radius 2 is 1.72 bits per heavy atom. The van der Waals surface area contributed by atoms with Crippen LogP contribution < -0.4 is 9.64 Å². The van der Waals surface area contributed by atoms with Gasteiger partial charge in [-0.05, 0) is 43.7 Å². The lowest BCUT2D eigenvalue weighted by atomic mass is 10.0. The summed E-state index contributed by atoms with van der Waals surface area (Å²) in [6.07, 6.45) is 0.436. The van der Waals surface area contributed by atoms with E-state index in [2.05, 4.69) is 41.8 Å². The molecule has 0 N–H and O–H groups in total. The van der Waals surface area contributed by atoms with E-state index >= 15 is 0 Å². The van der Waals surface area contributed by atoms with Crippen LogP contribution in [0.25, 0.3) is 11.0 Å². The molecule has 2 atom stereocenters. The van der Waals surface area contributed by atoms with Crippen LogP contribution in [0.1, 0.15) is 43.6 Å². The average Bonchev–Trinajstić information content (AvgIpc) is 3.40. The summed E-state index contributed by atoms with van der Waals surface area (Å²) >= 11 is 0. The third-order valence-electron chi connectivity index (χ3n) is 6.24. The van der Waals surface area contributed by atoms with Crippen molar-refractivity contribution < 1.29 is 9.53 Å². The quantitative estimate of drug-likeness (QED) is 0.406. The summed E-state index contributed by atoms with van der Waals surface area (Å²) < 4.78 is 8.10. The van der Waals surface area contributed by atoms with Crippen molar-refractivity contribution in [3.63, 3.8) is 0 Å². The van der Waals surface area contributed by atoms with Gasteiger partial charge in [-0.15, -0.1) is 0 Å². The number of carbonyl (C=O) groups is 1. The number of imidazole rings is 1. The largest absolute Gasteiger partial charge is 0.492 e. The van der Waals surface area contributed by atoms with Crippen LogP contribution in [-0.2, 0) is 4.79 Å². The summed E-state index contributed by atoms with van der Waals surface area (Å²) in [7, 11) is 0. The molecule has 5 nitrogen and oxygen atoms in total.